The Morgan fingerprint density at radius 3 is 2.75 bits per heavy atom. The summed E-state index contributed by atoms with van der Waals surface area (Å²) in [5.74, 6) is 1.83. The van der Waals surface area contributed by atoms with Crippen molar-refractivity contribution in [2.45, 2.75) is 38.1 Å². The quantitative estimate of drug-likeness (QED) is 0.504. The molecule has 8 nitrogen and oxygen atoms in total. The van der Waals surface area contributed by atoms with Gasteiger partial charge >= 0.3 is 0 Å². The predicted octanol–water partition coefficient (Wildman–Crippen LogP) is 3.03. The summed E-state index contributed by atoms with van der Waals surface area (Å²) >= 11 is 0. The summed E-state index contributed by atoms with van der Waals surface area (Å²) in [6.07, 6.45) is 5.98. The first-order valence-electron chi connectivity index (χ1n) is 11.0. The van der Waals surface area contributed by atoms with Crippen molar-refractivity contribution >= 4 is 28.3 Å². The number of imidazole rings is 1. The Morgan fingerprint density at radius 2 is 1.91 bits per heavy atom. The van der Waals surface area contributed by atoms with Gasteiger partial charge in [0.25, 0.3) is 11.5 Å². The molecule has 3 aromatic heterocycles. The highest BCUT2D eigenvalue weighted by Gasteiger charge is 2.44. The van der Waals surface area contributed by atoms with Gasteiger partial charge in [0.05, 0.1) is 23.3 Å². The number of fused-ring (bicyclic) bond motifs is 8. The minimum atomic E-state index is -0.198. The van der Waals surface area contributed by atoms with E-state index in [9.17, 15) is 9.59 Å². The van der Waals surface area contributed by atoms with Gasteiger partial charge in [-0.15, -0.1) is 0 Å². The molecule has 32 heavy (non-hydrogen) atoms. The molecule has 8 heteroatoms. The summed E-state index contributed by atoms with van der Waals surface area (Å²) in [5.41, 5.74) is 5.69. The van der Waals surface area contributed by atoms with Gasteiger partial charge in [-0.05, 0) is 48.6 Å². The summed E-state index contributed by atoms with van der Waals surface area (Å²) in [6, 6.07) is 5.94. The van der Waals surface area contributed by atoms with E-state index >= 15 is 0 Å². The van der Waals surface area contributed by atoms with Crippen molar-refractivity contribution in [3.05, 3.63) is 69.0 Å². The van der Waals surface area contributed by atoms with E-state index in [2.05, 4.69) is 27.1 Å². The van der Waals surface area contributed by atoms with Gasteiger partial charge in [-0.3, -0.25) is 18.9 Å². The zero-order valence-corrected chi connectivity index (χ0v) is 17.6. The van der Waals surface area contributed by atoms with Gasteiger partial charge in [0, 0.05) is 37.3 Å². The molecule has 1 saturated heterocycles. The number of anilines is 1. The third-order valence-corrected chi connectivity index (χ3v) is 7.11. The second kappa shape index (κ2) is 6.26. The molecule has 0 spiro atoms. The van der Waals surface area contributed by atoms with Crippen molar-refractivity contribution in [3.63, 3.8) is 0 Å². The molecule has 160 valence electrons. The third-order valence-electron chi connectivity index (χ3n) is 7.11. The van der Waals surface area contributed by atoms with E-state index in [1.54, 1.807) is 17.3 Å². The molecule has 3 aliphatic rings. The normalized spacial score (nSPS) is 20.2. The average Bonchev–Trinajstić information content (AvgIpc) is 3.47. The van der Waals surface area contributed by atoms with Crippen LogP contribution >= 0.6 is 0 Å². The summed E-state index contributed by atoms with van der Waals surface area (Å²) in [5, 5.41) is 0. The Hall–Kier alpha value is -3.52. The molecule has 1 amide bonds. The van der Waals surface area contributed by atoms with Crippen molar-refractivity contribution in [2.75, 3.05) is 18.1 Å². The van der Waals surface area contributed by atoms with Crippen LogP contribution in [-0.2, 0) is 11.2 Å². The van der Waals surface area contributed by atoms with Gasteiger partial charge in [0.1, 0.15) is 17.2 Å². The number of nitrogens with zero attached hydrogens (tertiary/aromatic N) is 4. The standard InChI is InChI=1S/C24H21N5O3/c1-12-6-14-7-18-15-9-19-17(8-16(15)24(31)29(18)22(14)25-10-12)27-23(30)20-11-26-21(28(19)20)13-2-4-32-5-3-13/h6,8-11,13,18H,2-5,7H2,1H3,(H,27,30). The van der Waals surface area contributed by atoms with Gasteiger partial charge in [-0.2, -0.15) is 0 Å². The Bertz CT molecular complexity index is 1510. The molecule has 6 heterocycles. The molecule has 1 atom stereocenters. The van der Waals surface area contributed by atoms with Gasteiger partial charge < -0.3 is 9.72 Å². The van der Waals surface area contributed by atoms with Crippen LogP contribution in [0.1, 0.15) is 57.7 Å². The summed E-state index contributed by atoms with van der Waals surface area (Å²) in [4.78, 5) is 40.1. The van der Waals surface area contributed by atoms with E-state index in [0.29, 0.717) is 29.8 Å². The van der Waals surface area contributed by atoms with Crippen molar-refractivity contribution in [1.29, 1.82) is 0 Å². The number of aromatic nitrogens is 4. The Morgan fingerprint density at radius 1 is 1.06 bits per heavy atom. The number of carbonyl (C=O) groups is 1. The molecule has 0 saturated carbocycles. The smallest absolute Gasteiger partial charge is 0.274 e. The van der Waals surface area contributed by atoms with Crippen LogP contribution in [0.2, 0.25) is 0 Å². The number of nitrogens with one attached hydrogen (secondary N) is 1. The maximum Gasteiger partial charge on any atom is 0.274 e. The molecular formula is C24H21N5O3. The highest BCUT2D eigenvalue weighted by molar-refractivity contribution is 6.13. The molecule has 1 unspecified atom stereocenters. The molecule has 1 aromatic carbocycles. The van der Waals surface area contributed by atoms with E-state index < -0.39 is 0 Å². The van der Waals surface area contributed by atoms with Crippen molar-refractivity contribution in [1.82, 2.24) is 19.4 Å². The topological polar surface area (TPSA) is 92.6 Å². The first-order chi connectivity index (χ1) is 15.6. The Labute approximate surface area is 182 Å². The van der Waals surface area contributed by atoms with Crippen LogP contribution < -0.4 is 10.5 Å². The Kier molecular flexibility index (Phi) is 3.54. The number of ether oxygens (including phenoxy) is 1. The van der Waals surface area contributed by atoms with Gasteiger partial charge in [0.15, 0.2) is 0 Å². The van der Waals surface area contributed by atoms with Crippen LogP contribution in [0.15, 0.2) is 35.4 Å². The van der Waals surface area contributed by atoms with E-state index in [1.165, 1.54) is 0 Å². The highest BCUT2D eigenvalue weighted by atomic mass is 16.5. The maximum atomic E-state index is 13.3. The summed E-state index contributed by atoms with van der Waals surface area (Å²) in [6.45, 7) is 3.42. The van der Waals surface area contributed by atoms with Gasteiger partial charge in [-0.1, -0.05) is 6.07 Å². The number of hydrogen-bond donors (Lipinski definition) is 1. The second-order valence-corrected chi connectivity index (χ2v) is 9.02. The number of H-pyrrole nitrogens is 1. The molecule has 4 aromatic rings. The van der Waals surface area contributed by atoms with E-state index in [4.69, 9.17) is 4.74 Å². The van der Waals surface area contributed by atoms with Crippen LogP contribution in [0.4, 0.5) is 5.82 Å². The zero-order valence-electron chi connectivity index (χ0n) is 17.6. The third kappa shape index (κ3) is 2.30. The first-order valence-corrected chi connectivity index (χ1v) is 11.0. The monoisotopic (exact) mass is 427 g/mol. The van der Waals surface area contributed by atoms with E-state index in [0.717, 1.165) is 53.1 Å². The molecule has 1 N–H and O–H groups in total. The molecule has 7 rings (SSSR count). The number of pyridine rings is 1. The highest BCUT2D eigenvalue weighted by Crippen LogP contribution is 2.46. The predicted molar refractivity (Wildman–Crippen MR) is 118 cm³/mol. The van der Waals surface area contributed by atoms with Crippen LogP contribution in [-0.4, -0.2) is 38.5 Å². The van der Waals surface area contributed by atoms with Crippen molar-refractivity contribution < 1.29 is 9.53 Å². The zero-order chi connectivity index (χ0) is 21.6. The van der Waals surface area contributed by atoms with Crippen LogP contribution in [0.25, 0.3) is 16.6 Å². The first kappa shape index (κ1) is 18.1. The van der Waals surface area contributed by atoms with Crippen LogP contribution in [0.3, 0.4) is 0 Å². The lowest BCUT2D eigenvalue weighted by molar-refractivity contribution is 0.0835. The number of rotatable bonds is 1. The number of aromatic amines is 1. The summed E-state index contributed by atoms with van der Waals surface area (Å²) in [7, 11) is 0. The van der Waals surface area contributed by atoms with Crippen LogP contribution in [0.5, 0.6) is 0 Å². The molecular weight excluding hydrogens is 406 g/mol. The average molecular weight is 427 g/mol. The minimum absolute atomic E-state index is 0.0572. The molecule has 0 aliphatic carbocycles. The lowest BCUT2D eigenvalue weighted by Gasteiger charge is -2.21. The number of amides is 1. The number of hydrogen-bond acceptors (Lipinski definition) is 5. The molecule has 3 aliphatic heterocycles. The van der Waals surface area contributed by atoms with Crippen LogP contribution in [0, 0.1) is 6.92 Å². The van der Waals surface area contributed by atoms with E-state index in [1.807, 2.05) is 17.4 Å². The number of carbonyl (C=O) groups excluding carboxylic acids is 1. The van der Waals surface area contributed by atoms with Crippen molar-refractivity contribution in [3.8, 4) is 0 Å². The molecule has 0 radical (unpaired) electrons. The van der Waals surface area contributed by atoms with Crippen molar-refractivity contribution in [2.24, 2.45) is 0 Å². The molecule has 1 fully saturated rings. The Balaban J connectivity index is 1.46. The SMILES string of the molecule is Cc1cnc2c(c1)CC1c3cc4c(cc3C(=O)N21)[nH]c(=O)c1cnc(C2CCOCC2)n14. The fraction of sp³-hybridized carbons (Fsp3) is 0.333. The fourth-order valence-corrected chi connectivity index (χ4v) is 5.61. The summed E-state index contributed by atoms with van der Waals surface area (Å²) < 4.78 is 7.51. The lowest BCUT2D eigenvalue weighted by atomic mass is 9.98. The lowest BCUT2D eigenvalue weighted by Crippen LogP contribution is -2.24. The number of benzene rings is 1. The maximum absolute atomic E-state index is 13.3. The molecule has 0 bridgehead atoms. The van der Waals surface area contributed by atoms with Gasteiger partial charge in [-0.25, -0.2) is 9.97 Å². The second-order valence-electron chi connectivity index (χ2n) is 9.02. The minimum Gasteiger partial charge on any atom is -0.381 e. The van der Waals surface area contributed by atoms with E-state index in [-0.39, 0.29) is 23.4 Å². The fourth-order valence-electron chi connectivity index (χ4n) is 5.61. The number of aryl methyl sites for hydroxylation is 1. The largest absolute Gasteiger partial charge is 0.381 e. The van der Waals surface area contributed by atoms with Gasteiger partial charge in [0.2, 0.25) is 0 Å².